The lowest BCUT2D eigenvalue weighted by Gasteiger charge is -2.14. The fourth-order valence-corrected chi connectivity index (χ4v) is 7.75. The molecule has 3 heterocycles. The molecule has 3 nitrogen and oxygen atoms in total. The van der Waals surface area contributed by atoms with Crippen molar-refractivity contribution in [1.29, 1.82) is 0 Å². The topological polar surface area (TPSA) is 24.2 Å². The number of rotatable bonds is 3. The van der Waals surface area contributed by atoms with Gasteiger partial charge in [0.1, 0.15) is 23.4 Å². The zero-order chi connectivity index (χ0) is 24.7. The molecule has 5 rings (SSSR count). The summed E-state index contributed by atoms with van der Waals surface area (Å²) in [6.07, 6.45) is 8.29. The number of halogens is 2. The highest BCUT2D eigenvalue weighted by Crippen LogP contribution is 2.46. The molecule has 180 valence electrons. The van der Waals surface area contributed by atoms with Gasteiger partial charge in [0.05, 0.1) is 15.6 Å². The number of benzene rings is 2. The first-order valence-corrected chi connectivity index (χ1v) is 13.9. The molecule has 0 amide bonds. The quantitative estimate of drug-likeness (QED) is 0.261. The number of ketones is 1. The highest BCUT2D eigenvalue weighted by atomic mass is 32.2. The fourth-order valence-electron chi connectivity index (χ4n) is 4.34. The summed E-state index contributed by atoms with van der Waals surface area (Å²) in [7, 11) is 3.86. The van der Waals surface area contributed by atoms with Gasteiger partial charge in [0.15, 0.2) is 5.78 Å². The maximum Gasteiger partial charge on any atom is 0.263 e. The van der Waals surface area contributed by atoms with Crippen molar-refractivity contribution in [1.82, 2.24) is 0 Å². The molecule has 35 heavy (non-hydrogen) atoms. The number of thiazole rings is 1. The Labute approximate surface area is 216 Å². The first-order chi connectivity index (χ1) is 16.8. The number of allylic oxidation sites excluding steroid dienone is 4. The molecule has 0 aliphatic carbocycles. The van der Waals surface area contributed by atoms with Crippen molar-refractivity contribution in [2.75, 3.05) is 11.9 Å². The van der Waals surface area contributed by atoms with Crippen LogP contribution in [0.15, 0.2) is 68.3 Å². The Hall–Kier alpha value is -2.42. The Morgan fingerprint density at radius 2 is 1.89 bits per heavy atom. The van der Waals surface area contributed by atoms with E-state index in [1.54, 1.807) is 47.0 Å². The molecule has 1 atom stereocenters. The molecule has 0 N–H and O–H groups in total. The van der Waals surface area contributed by atoms with Crippen molar-refractivity contribution in [3.05, 3.63) is 80.0 Å². The van der Waals surface area contributed by atoms with Crippen LogP contribution in [0.1, 0.15) is 31.2 Å². The van der Waals surface area contributed by atoms with Crippen LogP contribution < -0.4 is 9.47 Å². The number of hydrogen-bond donors (Lipinski definition) is 0. The van der Waals surface area contributed by atoms with Crippen molar-refractivity contribution in [2.24, 2.45) is 13.0 Å². The van der Waals surface area contributed by atoms with Crippen LogP contribution in [-0.4, -0.2) is 12.8 Å². The molecule has 1 fully saturated rings. The van der Waals surface area contributed by atoms with Crippen molar-refractivity contribution >= 4 is 62.6 Å². The Balaban J connectivity index is 1.48. The van der Waals surface area contributed by atoms with Gasteiger partial charge in [0, 0.05) is 35.4 Å². The molecule has 3 aromatic rings. The van der Waals surface area contributed by atoms with E-state index in [4.69, 9.17) is 0 Å². The normalized spacial score (nSPS) is 22.0. The molecule has 2 aliphatic rings. The number of fused-ring (bicyclic) bond motifs is 2. The smallest absolute Gasteiger partial charge is 0.263 e. The van der Waals surface area contributed by atoms with Crippen LogP contribution >= 0.6 is 34.9 Å². The number of hydrogen-bond acceptors (Lipinski definition) is 5. The maximum atomic E-state index is 13.8. The summed E-state index contributed by atoms with van der Waals surface area (Å²) in [4.78, 5) is 17.8. The number of Topliss-reactive ketones (excluding diaryl/α,β-unsaturated/α-hetero) is 1. The van der Waals surface area contributed by atoms with Gasteiger partial charge in [-0.25, -0.2) is 8.78 Å². The van der Waals surface area contributed by atoms with Crippen molar-refractivity contribution in [3.63, 3.8) is 0 Å². The van der Waals surface area contributed by atoms with Gasteiger partial charge in [0.2, 0.25) is 5.52 Å². The van der Waals surface area contributed by atoms with Gasteiger partial charge in [-0.15, -0.1) is 0 Å². The van der Waals surface area contributed by atoms with Gasteiger partial charge in [-0.1, -0.05) is 41.8 Å². The molecule has 0 bridgehead atoms. The van der Waals surface area contributed by atoms with Gasteiger partial charge >= 0.3 is 0 Å². The Morgan fingerprint density at radius 3 is 2.69 bits per heavy atom. The average Bonchev–Trinajstić information content (AvgIpc) is 3.26. The van der Waals surface area contributed by atoms with Crippen molar-refractivity contribution in [2.45, 2.75) is 31.1 Å². The van der Waals surface area contributed by atoms with E-state index >= 15 is 0 Å². The third-order valence-corrected chi connectivity index (χ3v) is 10.0. The lowest BCUT2D eigenvalue weighted by Crippen LogP contribution is -2.29. The van der Waals surface area contributed by atoms with E-state index < -0.39 is 0 Å². The molecule has 1 unspecified atom stereocenters. The van der Waals surface area contributed by atoms with E-state index in [9.17, 15) is 13.6 Å². The van der Waals surface area contributed by atoms with Crippen LogP contribution in [0.5, 0.6) is 0 Å². The third kappa shape index (κ3) is 4.84. The van der Waals surface area contributed by atoms with E-state index in [-0.39, 0.29) is 17.4 Å². The predicted molar refractivity (Wildman–Crippen MR) is 143 cm³/mol. The molecule has 2 aliphatic heterocycles. The number of aromatic nitrogens is 1. The van der Waals surface area contributed by atoms with Gasteiger partial charge in [-0.2, -0.15) is 4.57 Å². The summed E-state index contributed by atoms with van der Waals surface area (Å²) in [6.45, 7) is 2.15. The van der Waals surface area contributed by atoms with Crippen LogP contribution in [0.3, 0.4) is 0 Å². The van der Waals surface area contributed by atoms with E-state index in [1.165, 1.54) is 18.2 Å². The number of carbonyl (C=O) groups is 1. The molecule has 0 saturated carbocycles. The van der Waals surface area contributed by atoms with E-state index in [1.807, 2.05) is 41.8 Å². The molecule has 2 aromatic carbocycles. The molecule has 8 heteroatoms. The van der Waals surface area contributed by atoms with Crippen LogP contribution in [0, 0.1) is 17.6 Å². The van der Waals surface area contributed by atoms with Gasteiger partial charge in [0.25, 0.3) is 5.01 Å². The zero-order valence-electron chi connectivity index (χ0n) is 19.7. The largest absolute Gasteiger partial charge is 0.338 e. The minimum atomic E-state index is -0.261. The second-order valence-corrected chi connectivity index (χ2v) is 11.9. The third-order valence-electron chi connectivity index (χ3n) is 6.42. The first kappa shape index (κ1) is 24.3. The molecule has 0 spiro atoms. The highest BCUT2D eigenvalue weighted by Gasteiger charge is 2.27. The summed E-state index contributed by atoms with van der Waals surface area (Å²) < 4.78 is 30.5. The predicted octanol–water partition coefficient (Wildman–Crippen LogP) is 7.43. The number of thioether (sulfide) groups is 2. The molecule has 1 aromatic heterocycles. The minimum absolute atomic E-state index is 0.144. The summed E-state index contributed by atoms with van der Waals surface area (Å²) in [5.74, 6) is -0.0717. The highest BCUT2D eigenvalue weighted by molar-refractivity contribution is 8.07. The summed E-state index contributed by atoms with van der Waals surface area (Å²) in [6, 6.07) is 9.65. The van der Waals surface area contributed by atoms with Gasteiger partial charge in [-0.05, 0) is 61.2 Å². The van der Waals surface area contributed by atoms with Crippen LogP contribution in [-0.2, 0) is 11.8 Å². The molecular formula is C27H25F2N2OS3+. The number of aryl methyl sites for hydroxylation is 1. The number of anilines is 1. The Kier molecular flexibility index (Phi) is 6.88. The standard InChI is InChI=1S/C27H25F2N2OS3/c1-4-16-5-8-21(32)24(11-12-26-30(2)19-13-17(28)6-9-22(19)34-26)33-25(16)15-27-31(3)20-14-18(29)7-10-23(20)35-27/h6-7,9-16H,4-5,8H2,1-3H3/q+1. The summed E-state index contributed by atoms with van der Waals surface area (Å²) >= 11 is 4.74. The van der Waals surface area contributed by atoms with E-state index in [2.05, 4.69) is 13.0 Å². The monoisotopic (exact) mass is 527 g/mol. The number of nitrogens with zero attached hydrogens (tertiary/aromatic N) is 2. The van der Waals surface area contributed by atoms with E-state index in [0.29, 0.717) is 17.2 Å². The molecule has 1 saturated heterocycles. The zero-order valence-corrected chi connectivity index (χ0v) is 22.1. The van der Waals surface area contributed by atoms with Crippen LogP contribution in [0.4, 0.5) is 14.5 Å². The fraction of sp³-hybridized carbons (Fsp3) is 0.259. The van der Waals surface area contributed by atoms with Crippen molar-refractivity contribution in [3.8, 4) is 0 Å². The van der Waals surface area contributed by atoms with Crippen LogP contribution in [0.25, 0.3) is 16.3 Å². The lowest BCUT2D eigenvalue weighted by atomic mass is 9.98. The maximum absolute atomic E-state index is 13.8. The second-order valence-electron chi connectivity index (χ2n) is 8.64. The lowest BCUT2D eigenvalue weighted by molar-refractivity contribution is -0.642. The van der Waals surface area contributed by atoms with Gasteiger partial charge < -0.3 is 4.90 Å². The minimum Gasteiger partial charge on any atom is -0.338 e. The Morgan fingerprint density at radius 1 is 1.11 bits per heavy atom. The molecular weight excluding hydrogens is 503 g/mol. The average molecular weight is 528 g/mol. The van der Waals surface area contributed by atoms with Crippen LogP contribution in [0.2, 0.25) is 0 Å². The summed E-state index contributed by atoms with van der Waals surface area (Å²) in [5.41, 5.74) is 1.70. The summed E-state index contributed by atoms with van der Waals surface area (Å²) in [5, 5.41) is 1.98. The Bertz CT molecular complexity index is 1420. The first-order valence-electron chi connectivity index (χ1n) is 11.5. The van der Waals surface area contributed by atoms with Crippen molar-refractivity contribution < 1.29 is 18.1 Å². The second kappa shape index (κ2) is 9.91. The number of carbonyl (C=O) groups excluding carboxylic acids is 1. The van der Waals surface area contributed by atoms with Gasteiger partial charge in [-0.3, -0.25) is 4.79 Å². The van der Waals surface area contributed by atoms with E-state index in [0.717, 1.165) is 48.6 Å². The molecule has 0 radical (unpaired) electrons. The SMILES string of the molecule is CCC1CCC(=O)C(=CC=C2Sc3ccc(F)cc3N2C)SC1=Cc1sc2ccc(F)cc2[n+]1C.